The van der Waals surface area contributed by atoms with Crippen LogP contribution in [-0.2, 0) is 6.42 Å². The van der Waals surface area contributed by atoms with Gasteiger partial charge in [-0.2, -0.15) is 0 Å². The number of hydrogen-bond acceptors (Lipinski definition) is 4. The van der Waals surface area contributed by atoms with Gasteiger partial charge in [0.2, 0.25) is 0 Å². The van der Waals surface area contributed by atoms with Crippen LogP contribution in [0.3, 0.4) is 0 Å². The number of ether oxygens (including phenoxy) is 1. The van der Waals surface area contributed by atoms with E-state index < -0.39 is 10.7 Å². The molecule has 0 bridgehead atoms. The van der Waals surface area contributed by atoms with Crippen LogP contribution < -0.4 is 4.74 Å². The number of nitro benzene ring substituents is 1. The molecule has 2 aromatic rings. The molecule has 104 valence electrons. The Bertz CT molecular complexity index is 613. The Balaban J connectivity index is 2.15. The molecule has 0 atom stereocenters. The number of aliphatic hydroxyl groups is 1. The fourth-order valence-electron chi connectivity index (χ4n) is 1.67. The van der Waals surface area contributed by atoms with Gasteiger partial charge in [0.1, 0.15) is 5.75 Å². The summed E-state index contributed by atoms with van der Waals surface area (Å²) in [4.78, 5) is 9.83. The van der Waals surface area contributed by atoms with Crippen molar-refractivity contribution in [2.24, 2.45) is 0 Å². The smallest absolute Gasteiger partial charge is 0.272 e. The average molecular weight is 277 g/mol. The summed E-state index contributed by atoms with van der Waals surface area (Å²) in [5.41, 5.74) is 0.608. The Kier molecular flexibility index (Phi) is 4.27. The van der Waals surface area contributed by atoms with E-state index in [0.717, 1.165) is 11.6 Å². The first-order valence-electron chi connectivity index (χ1n) is 5.92. The third-order valence-electron chi connectivity index (χ3n) is 2.68. The number of hydrogen-bond donors (Lipinski definition) is 1. The molecule has 0 radical (unpaired) electrons. The molecule has 1 N–H and O–H groups in total. The second-order valence-corrected chi connectivity index (χ2v) is 4.09. The van der Waals surface area contributed by atoms with Crippen LogP contribution >= 0.6 is 0 Å². The summed E-state index contributed by atoms with van der Waals surface area (Å²) in [5, 5.41) is 19.3. The summed E-state index contributed by atoms with van der Waals surface area (Å²) >= 11 is 0. The van der Waals surface area contributed by atoms with Crippen LogP contribution in [0.4, 0.5) is 10.1 Å². The van der Waals surface area contributed by atoms with Crippen molar-refractivity contribution in [3.63, 3.8) is 0 Å². The minimum atomic E-state index is -0.793. The first-order valence-corrected chi connectivity index (χ1v) is 5.92. The van der Waals surface area contributed by atoms with Gasteiger partial charge in [0.25, 0.3) is 5.69 Å². The van der Waals surface area contributed by atoms with Gasteiger partial charge in [0, 0.05) is 12.7 Å². The molecule has 0 saturated heterocycles. The summed E-state index contributed by atoms with van der Waals surface area (Å²) in [6, 6.07) is 10.0. The summed E-state index contributed by atoms with van der Waals surface area (Å²) in [7, 11) is 0. The molecule has 0 aliphatic carbocycles. The third-order valence-corrected chi connectivity index (χ3v) is 2.68. The van der Waals surface area contributed by atoms with Crippen molar-refractivity contribution in [3.8, 4) is 11.5 Å². The summed E-state index contributed by atoms with van der Waals surface area (Å²) in [6.45, 7) is 0.0528. The lowest BCUT2D eigenvalue weighted by Crippen LogP contribution is -1.93. The summed E-state index contributed by atoms with van der Waals surface area (Å²) in [5.74, 6) is -0.455. The van der Waals surface area contributed by atoms with E-state index in [1.807, 2.05) is 0 Å². The van der Waals surface area contributed by atoms with Crippen LogP contribution in [0.5, 0.6) is 11.5 Å². The van der Waals surface area contributed by atoms with Gasteiger partial charge in [-0.1, -0.05) is 12.1 Å². The molecule has 2 aromatic carbocycles. The molecular weight excluding hydrogens is 265 g/mol. The highest BCUT2D eigenvalue weighted by atomic mass is 19.1. The Labute approximate surface area is 114 Å². The Hall–Kier alpha value is -2.47. The molecule has 0 fully saturated rings. The maximum atomic E-state index is 13.6. The minimum absolute atomic E-state index is 0.0528. The van der Waals surface area contributed by atoms with Crippen LogP contribution in [0.1, 0.15) is 5.56 Å². The first kappa shape index (κ1) is 14.0. The highest BCUT2D eigenvalue weighted by Crippen LogP contribution is 2.27. The second-order valence-electron chi connectivity index (χ2n) is 4.09. The Morgan fingerprint density at radius 1 is 1.20 bits per heavy atom. The maximum absolute atomic E-state index is 13.6. The van der Waals surface area contributed by atoms with Gasteiger partial charge in [-0.25, -0.2) is 4.39 Å². The van der Waals surface area contributed by atoms with Gasteiger partial charge in [-0.15, -0.1) is 0 Å². The van der Waals surface area contributed by atoms with Gasteiger partial charge in [0.05, 0.1) is 11.0 Å². The van der Waals surface area contributed by atoms with E-state index in [1.165, 1.54) is 12.1 Å². The van der Waals surface area contributed by atoms with Crippen LogP contribution in [-0.4, -0.2) is 16.6 Å². The topological polar surface area (TPSA) is 72.6 Å². The first-order chi connectivity index (χ1) is 9.60. The number of nitro groups is 1. The monoisotopic (exact) mass is 277 g/mol. The van der Waals surface area contributed by atoms with E-state index >= 15 is 0 Å². The van der Waals surface area contributed by atoms with E-state index in [0.29, 0.717) is 12.2 Å². The summed E-state index contributed by atoms with van der Waals surface area (Å²) < 4.78 is 19.0. The quantitative estimate of drug-likeness (QED) is 0.673. The fraction of sp³-hybridized carbons (Fsp3) is 0.143. The lowest BCUT2D eigenvalue weighted by molar-refractivity contribution is -0.385. The van der Waals surface area contributed by atoms with Gasteiger partial charge in [0.15, 0.2) is 11.6 Å². The molecule has 0 aliphatic heterocycles. The normalized spacial score (nSPS) is 10.3. The largest absolute Gasteiger partial charge is 0.454 e. The van der Waals surface area contributed by atoms with Gasteiger partial charge in [-0.05, 0) is 30.2 Å². The number of non-ortho nitro benzene ring substituents is 1. The van der Waals surface area contributed by atoms with Gasteiger partial charge < -0.3 is 9.84 Å². The van der Waals surface area contributed by atoms with Crippen molar-refractivity contribution in [2.45, 2.75) is 6.42 Å². The van der Waals surface area contributed by atoms with E-state index in [2.05, 4.69) is 0 Å². The van der Waals surface area contributed by atoms with Crippen molar-refractivity contribution < 1.29 is 19.2 Å². The lowest BCUT2D eigenvalue weighted by atomic mass is 10.1. The second kappa shape index (κ2) is 6.12. The van der Waals surface area contributed by atoms with Gasteiger partial charge >= 0.3 is 0 Å². The molecule has 20 heavy (non-hydrogen) atoms. The molecule has 0 aromatic heterocycles. The molecule has 0 saturated carbocycles. The van der Waals surface area contributed by atoms with Crippen LogP contribution in [0.25, 0.3) is 0 Å². The number of nitrogens with zero attached hydrogens (tertiary/aromatic N) is 1. The molecule has 0 aliphatic rings. The zero-order valence-electron chi connectivity index (χ0n) is 10.5. The average Bonchev–Trinajstić information content (AvgIpc) is 2.43. The highest BCUT2D eigenvalue weighted by Gasteiger charge is 2.12. The Morgan fingerprint density at radius 2 is 1.90 bits per heavy atom. The van der Waals surface area contributed by atoms with Crippen molar-refractivity contribution in [1.29, 1.82) is 0 Å². The molecule has 6 heteroatoms. The number of rotatable bonds is 5. The number of benzene rings is 2. The van der Waals surface area contributed by atoms with E-state index in [1.54, 1.807) is 24.3 Å². The van der Waals surface area contributed by atoms with Crippen molar-refractivity contribution in [2.75, 3.05) is 6.61 Å². The van der Waals surface area contributed by atoms with Crippen LogP contribution in [0, 0.1) is 15.9 Å². The predicted octanol–water partition coefficient (Wildman–Crippen LogP) is 3.06. The SMILES string of the molecule is O=[N+]([O-])c1ccc(Oc2ccc(CCO)cc2)c(F)c1. The van der Waals surface area contributed by atoms with Crippen molar-refractivity contribution in [3.05, 3.63) is 64.0 Å². The molecule has 5 nitrogen and oxygen atoms in total. The van der Waals surface area contributed by atoms with E-state index in [4.69, 9.17) is 9.84 Å². The molecule has 0 spiro atoms. The molecular formula is C14H12FNO4. The van der Waals surface area contributed by atoms with Crippen molar-refractivity contribution >= 4 is 5.69 Å². The van der Waals surface area contributed by atoms with Crippen LogP contribution in [0.15, 0.2) is 42.5 Å². The summed E-state index contributed by atoms with van der Waals surface area (Å²) in [6.07, 6.45) is 0.534. The molecule has 0 amide bonds. The van der Waals surface area contributed by atoms with Crippen molar-refractivity contribution in [1.82, 2.24) is 0 Å². The molecule has 0 unspecified atom stereocenters. The number of halogens is 1. The zero-order valence-corrected chi connectivity index (χ0v) is 10.5. The molecule has 0 heterocycles. The Morgan fingerprint density at radius 3 is 2.45 bits per heavy atom. The predicted molar refractivity (Wildman–Crippen MR) is 70.4 cm³/mol. The van der Waals surface area contributed by atoms with E-state index in [9.17, 15) is 14.5 Å². The standard InChI is InChI=1S/C14H12FNO4/c15-13-9-11(16(18)19)3-6-14(13)20-12-4-1-10(2-5-12)7-8-17/h1-6,9,17H,7-8H2. The zero-order chi connectivity index (χ0) is 14.5. The molecule has 2 rings (SSSR count). The minimum Gasteiger partial charge on any atom is -0.454 e. The fourth-order valence-corrected chi connectivity index (χ4v) is 1.67. The number of aliphatic hydroxyl groups excluding tert-OH is 1. The van der Waals surface area contributed by atoms with E-state index in [-0.39, 0.29) is 18.0 Å². The highest BCUT2D eigenvalue weighted by molar-refractivity contribution is 5.40. The van der Waals surface area contributed by atoms with Crippen LogP contribution in [0.2, 0.25) is 0 Å². The third kappa shape index (κ3) is 3.30. The maximum Gasteiger partial charge on any atom is 0.272 e. The van der Waals surface area contributed by atoms with Gasteiger partial charge in [-0.3, -0.25) is 10.1 Å². The lowest BCUT2D eigenvalue weighted by Gasteiger charge is -2.07.